The second-order valence-corrected chi connectivity index (χ2v) is 5.48. The summed E-state index contributed by atoms with van der Waals surface area (Å²) in [6.45, 7) is 0. The molecule has 1 aromatic heterocycles. The van der Waals surface area contributed by atoms with Gasteiger partial charge in [0.15, 0.2) is 0 Å². The number of hydrogen-bond donors (Lipinski definition) is 1. The van der Waals surface area contributed by atoms with Gasteiger partial charge >= 0.3 is 0 Å². The Hall–Kier alpha value is -2.87. The molecule has 2 heteroatoms. The fraction of sp³-hybridized carbons (Fsp3) is 0.0500. The number of rotatable bonds is 3. The molecule has 106 valence electrons. The lowest BCUT2D eigenvalue weighted by atomic mass is 9.97. The van der Waals surface area contributed by atoms with Gasteiger partial charge in [-0.3, -0.25) is 0 Å². The zero-order valence-electron chi connectivity index (χ0n) is 12.2. The molecule has 1 N–H and O–H groups in total. The first kappa shape index (κ1) is 12.8. The summed E-state index contributed by atoms with van der Waals surface area (Å²) in [5, 5.41) is 2.58. The molecule has 0 amide bonds. The molecule has 0 bridgehead atoms. The molecule has 0 aliphatic carbocycles. The third kappa shape index (κ3) is 2.40. The van der Waals surface area contributed by atoms with Gasteiger partial charge in [-0.2, -0.15) is 0 Å². The van der Waals surface area contributed by atoms with E-state index < -0.39 is 0 Å². The molecule has 0 atom stereocenters. The van der Waals surface area contributed by atoms with E-state index in [9.17, 15) is 0 Å². The Labute approximate surface area is 129 Å². The molecular weight excluding hydrogens is 268 g/mol. The number of aromatic amines is 1. The summed E-state index contributed by atoms with van der Waals surface area (Å²) in [7, 11) is 0. The van der Waals surface area contributed by atoms with E-state index in [0.29, 0.717) is 0 Å². The summed E-state index contributed by atoms with van der Waals surface area (Å²) in [6.07, 6.45) is 4.48. The fourth-order valence-corrected chi connectivity index (χ4v) is 2.88. The Balaban J connectivity index is 1.70. The van der Waals surface area contributed by atoms with Crippen LogP contribution in [0.25, 0.3) is 21.9 Å². The van der Waals surface area contributed by atoms with Gasteiger partial charge < -0.3 is 4.98 Å². The van der Waals surface area contributed by atoms with Crippen LogP contribution in [-0.2, 0) is 6.42 Å². The summed E-state index contributed by atoms with van der Waals surface area (Å²) in [6, 6.07) is 23.8. The van der Waals surface area contributed by atoms with Crippen LogP contribution in [0.15, 0.2) is 79.3 Å². The smallest absolute Gasteiger partial charge is 0.0921 e. The lowest BCUT2D eigenvalue weighted by Crippen LogP contribution is -1.88. The summed E-state index contributed by atoms with van der Waals surface area (Å²) < 4.78 is 0. The first-order chi connectivity index (χ1) is 10.9. The van der Waals surface area contributed by atoms with E-state index in [1.807, 2.05) is 6.20 Å². The Kier molecular flexibility index (Phi) is 3.20. The van der Waals surface area contributed by atoms with Gasteiger partial charge in [-0.05, 0) is 27.5 Å². The largest absolute Gasteiger partial charge is 0.348 e. The standard InChI is InChI=1S/C20H16N2/c1-2-6-19-16(4-1)5-3-7-20(19)17-10-8-15(9-11-17)12-18-13-21-14-22-18/h1-11,13-14H,12H2,(H,21,22). The number of H-pyrrole nitrogens is 1. The highest BCUT2D eigenvalue weighted by Gasteiger charge is 2.04. The van der Waals surface area contributed by atoms with E-state index in [1.165, 1.54) is 27.5 Å². The minimum Gasteiger partial charge on any atom is -0.348 e. The molecule has 22 heavy (non-hydrogen) atoms. The molecule has 0 saturated heterocycles. The van der Waals surface area contributed by atoms with Crippen molar-refractivity contribution >= 4 is 10.8 Å². The van der Waals surface area contributed by atoms with Crippen molar-refractivity contribution in [3.8, 4) is 11.1 Å². The van der Waals surface area contributed by atoms with Crippen LogP contribution in [-0.4, -0.2) is 9.97 Å². The van der Waals surface area contributed by atoms with Gasteiger partial charge in [-0.15, -0.1) is 0 Å². The van der Waals surface area contributed by atoms with Crippen molar-refractivity contribution in [2.24, 2.45) is 0 Å². The summed E-state index contributed by atoms with van der Waals surface area (Å²) in [4.78, 5) is 7.21. The molecule has 0 aliphatic heterocycles. The minimum atomic E-state index is 0.885. The van der Waals surface area contributed by atoms with Crippen LogP contribution in [0.3, 0.4) is 0 Å². The molecule has 0 aliphatic rings. The van der Waals surface area contributed by atoms with Gasteiger partial charge in [-0.25, -0.2) is 4.98 Å². The maximum atomic E-state index is 4.06. The number of nitrogens with zero attached hydrogens (tertiary/aromatic N) is 1. The van der Waals surface area contributed by atoms with Gasteiger partial charge in [0.2, 0.25) is 0 Å². The van der Waals surface area contributed by atoms with Crippen LogP contribution in [0.4, 0.5) is 0 Å². The first-order valence-electron chi connectivity index (χ1n) is 7.44. The van der Waals surface area contributed by atoms with Gasteiger partial charge in [0, 0.05) is 18.3 Å². The third-order valence-corrected chi connectivity index (χ3v) is 4.00. The SMILES string of the molecule is c1ccc2c(-c3ccc(Cc4cnc[nH]4)cc3)cccc2c1. The molecule has 2 nitrogen and oxygen atoms in total. The van der Waals surface area contributed by atoms with Gasteiger partial charge in [0.25, 0.3) is 0 Å². The second-order valence-electron chi connectivity index (χ2n) is 5.48. The molecule has 0 radical (unpaired) electrons. The second kappa shape index (κ2) is 5.49. The Morgan fingerprint density at radius 3 is 2.45 bits per heavy atom. The molecule has 1 heterocycles. The first-order valence-corrected chi connectivity index (χ1v) is 7.44. The highest BCUT2D eigenvalue weighted by Crippen LogP contribution is 2.28. The minimum absolute atomic E-state index is 0.885. The predicted octanol–water partition coefficient (Wildman–Crippen LogP) is 4.82. The van der Waals surface area contributed by atoms with E-state index in [0.717, 1.165) is 12.1 Å². The van der Waals surface area contributed by atoms with E-state index >= 15 is 0 Å². The van der Waals surface area contributed by atoms with Gasteiger partial charge in [0.05, 0.1) is 6.33 Å². The number of imidazole rings is 1. The molecule has 4 rings (SSSR count). The van der Waals surface area contributed by atoms with E-state index in [2.05, 4.69) is 76.7 Å². The van der Waals surface area contributed by atoms with E-state index in [1.54, 1.807) is 6.33 Å². The maximum Gasteiger partial charge on any atom is 0.0921 e. The Morgan fingerprint density at radius 1 is 0.818 bits per heavy atom. The molecule has 0 saturated carbocycles. The zero-order valence-corrected chi connectivity index (χ0v) is 12.2. The number of aromatic nitrogens is 2. The van der Waals surface area contributed by atoms with Crippen molar-refractivity contribution in [2.75, 3.05) is 0 Å². The monoisotopic (exact) mass is 284 g/mol. The van der Waals surface area contributed by atoms with Crippen molar-refractivity contribution in [3.05, 3.63) is 90.5 Å². The van der Waals surface area contributed by atoms with Gasteiger partial charge in [-0.1, -0.05) is 66.7 Å². The molecule has 4 aromatic rings. The van der Waals surface area contributed by atoms with Crippen molar-refractivity contribution in [1.82, 2.24) is 9.97 Å². The van der Waals surface area contributed by atoms with Crippen LogP contribution in [0.1, 0.15) is 11.3 Å². The quantitative estimate of drug-likeness (QED) is 0.574. The number of nitrogens with one attached hydrogen (secondary N) is 1. The number of benzene rings is 3. The van der Waals surface area contributed by atoms with Crippen molar-refractivity contribution in [2.45, 2.75) is 6.42 Å². The highest BCUT2D eigenvalue weighted by molar-refractivity contribution is 5.96. The van der Waals surface area contributed by atoms with Crippen molar-refractivity contribution < 1.29 is 0 Å². The van der Waals surface area contributed by atoms with Crippen LogP contribution in [0, 0.1) is 0 Å². The Morgan fingerprint density at radius 2 is 1.64 bits per heavy atom. The average molecular weight is 284 g/mol. The zero-order chi connectivity index (χ0) is 14.8. The average Bonchev–Trinajstić information content (AvgIpc) is 3.08. The molecular formula is C20H16N2. The number of fused-ring (bicyclic) bond motifs is 1. The number of hydrogen-bond acceptors (Lipinski definition) is 1. The molecule has 0 unspecified atom stereocenters. The molecule has 3 aromatic carbocycles. The van der Waals surface area contributed by atoms with Crippen molar-refractivity contribution in [3.63, 3.8) is 0 Å². The summed E-state index contributed by atoms with van der Waals surface area (Å²) in [5.41, 5.74) is 4.96. The van der Waals surface area contributed by atoms with Crippen LogP contribution >= 0.6 is 0 Å². The summed E-state index contributed by atoms with van der Waals surface area (Å²) in [5.74, 6) is 0. The van der Waals surface area contributed by atoms with Crippen molar-refractivity contribution in [1.29, 1.82) is 0 Å². The lowest BCUT2D eigenvalue weighted by molar-refractivity contribution is 1.11. The maximum absolute atomic E-state index is 4.06. The lowest BCUT2D eigenvalue weighted by Gasteiger charge is -2.08. The van der Waals surface area contributed by atoms with Crippen LogP contribution in [0.5, 0.6) is 0 Å². The Bertz CT molecular complexity index is 885. The predicted molar refractivity (Wildman–Crippen MR) is 90.8 cm³/mol. The highest BCUT2D eigenvalue weighted by atomic mass is 14.9. The third-order valence-electron chi connectivity index (χ3n) is 4.00. The normalized spacial score (nSPS) is 10.9. The van der Waals surface area contributed by atoms with Crippen LogP contribution in [0.2, 0.25) is 0 Å². The van der Waals surface area contributed by atoms with Gasteiger partial charge in [0.1, 0.15) is 0 Å². The van der Waals surface area contributed by atoms with E-state index in [-0.39, 0.29) is 0 Å². The van der Waals surface area contributed by atoms with Crippen LogP contribution < -0.4 is 0 Å². The topological polar surface area (TPSA) is 28.7 Å². The summed E-state index contributed by atoms with van der Waals surface area (Å²) >= 11 is 0. The van der Waals surface area contributed by atoms with E-state index in [4.69, 9.17) is 0 Å². The molecule has 0 spiro atoms. The fourth-order valence-electron chi connectivity index (χ4n) is 2.88. The molecule has 0 fully saturated rings.